The molecular weight excluding hydrogens is 140 g/mol. The molecule has 0 amide bonds. The van der Waals surface area contributed by atoms with Gasteiger partial charge in [0.15, 0.2) is 6.29 Å². The van der Waals surface area contributed by atoms with Gasteiger partial charge < -0.3 is 9.84 Å². The summed E-state index contributed by atoms with van der Waals surface area (Å²) in [5, 5.41) is 9.48. The topological polar surface area (TPSA) is 29.5 Å². The van der Waals surface area contributed by atoms with E-state index in [-0.39, 0.29) is 5.41 Å². The maximum atomic E-state index is 9.48. The molecule has 1 saturated heterocycles. The smallest absolute Gasteiger partial charge is 0.157 e. The van der Waals surface area contributed by atoms with Crippen LogP contribution in [0.4, 0.5) is 0 Å². The molecule has 2 nitrogen and oxygen atoms in total. The van der Waals surface area contributed by atoms with E-state index in [1.807, 2.05) is 0 Å². The van der Waals surface area contributed by atoms with Crippen molar-refractivity contribution in [3.63, 3.8) is 0 Å². The predicted molar refractivity (Wildman–Crippen MR) is 44.1 cm³/mol. The van der Waals surface area contributed by atoms with E-state index in [1.165, 1.54) is 0 Å². The number of ether oxygens (including phenoxy) is 1. The van der Waals surface area contributed by atoms with Gasteiger partial charge in [-0.05, 0) is 18.3 Å². The van der Waals surface area contributed by atoms with Gasteiger partial charge in [-0.25, -0.2) is 0 Å². The third-order valence-corrected chi connectivity index (χ3v) is 2.40. The highest BCUT2D eigenvalue weighted by Gasteiger charge is 2.33. The summed E-state index contributed by atoms with van der Waals surface area (Å²) < 4.78 is 5.17. The lowest BCUT2D eigenvalue weighted by atomic mass is 9.77. The van der Waals surface area contributed by atoms with Crippen molar-refractivity contribution >= 4 is 0 Å². The lowest BCUT2D eigenvalue weighted by Gasteiger charge is -2.37. The average molecular weight is 158 g/mol. The number of hydrogen-bond donors (Lipinski definition) is 1. The lowest BCUT2D eigenvalue weighted by molar-refractivity contribution is -0.181. The molecule has 1 fully saturated rings. The molecule has 1 heterocycles. The van der Waals surface area contributed by atoms with Gasteiger partial charge in [0.25, 0.3) is 0 Å². The van der Waals surface area contributed by atoms with E-state index in [4.69, 9.17) is 4.74 Å². The Bertz CT molecular complexity index is 126. The fourth-order valence-corrected chi connectivity index (χ4v) is 1.63. The quantitative estimate of drug-likeness (QED) is 0.582. The summed E-state index contributed by atoms with van der Waals surface area (Å²) in [4.78, 5) is 0. The maximum Gasteiger partial charge on any atom is 0.157 e. The van der Waals surface area contributed by atoms with Gasteiger partial charge >= 0.3 is 0 Å². The molecule has 0 aromatic heterocycles. The van der Waals surface area contributed by atoms with Gasteiger partial charge in [-0.2, -0.15) is 0 Å². The van der Waals surface area contributed by atoms with Gasteiger partial charge in [-0.1, -0.05) is 20.8 Å². The van der Waals surface area contributed by atoms with Crippen LogP contribution < -0.4 is 0 Å². The van der Waals surface area contributed by atoms with Crippen LogP contribution in [0.3, 0.4) is 0 Å². The zero-order valence-corrected chi connectivity index (χ0v) is 7.63. The number of aliphatic hydroxyl groups is 1. The van der Waals surface area contributed by atoms with Crippen LogP contribution in [0.15, 0.2) is 0 Å². The summed E-state index contributed by atoms with van der Waals surface area (Å²) in [5.74, 6) is 0.302. The maximum absolute atomic E-state index is 9.48. The molecule has 0 aromatic rings. The van der Waals surface area contributed by atoms with E-state index in [0.717, 1.165) is 12.8 Å². The Kier molecular flexibility index (Phi) is 2.55. The Balaban J connectivity index is 2.55. The first-order valence-corrected chi connectivity index (χ1v) is 4.31. The molecule has 66 valence electrons. The van der Waals surface area contributed by atoms with Gasteiger partial charge in [0, 0.05) is 12.5 Å². The van der Waals surface area contributed by atoms with Crippen LogP contribution in [0.5, 0.6) is 0 Å². The summed E-state index contributed by atoms with van der Waals surface area (Å²) in [6.45, 7) is 7.16. The van der Waals surface area contributed by atoms with E-state index in [2.05, 4.69) is 20.8 Å². The molecular formula is C9H18O2. The van der Waals surface area contributed by atoms with Crippen molar-refractivity contribution in [1.82, 2.24) is 0 Å². The molecule has 1 aliphatic rings. The van der Waals surface area contributed by atoms with Gasteiger partial charge in [0.1, 0.15) is 0 Å². The van der Waals surface area contributed by atoms with Crippen LogP contribution in [0, 0.1) is 11.3 Å². The first kappa shape index (κ1) is 9.01. The van der Waals surface area contributed by atoms with Crippen molar-refractivity contribution in [2.45, 2.75) is 39.9 Å². The number of aliphatic hydroxyl groups excluding tert-OH is 1. The highest BCUT2D eigenvalue weighted by molar-refractivity contribution is 4.78. The fraction of sp³-hybridized carbons (Fsp3) is 1.00. The second-order valence-electron chi connectivity index (χ2n) is 4.38. The van der Waals surface area contributed by atoms with Crippen LogP contribution in [-0.4, -0.2) is 18.0 Å². The highest BCUT2D eigenvalue weighted by atomic mass is 16.6. The third-order valence-electron chi connectivity index (χ3n) is 2.40. The Morgan fingerprint density at radius 2 is 2.00 bits per heavy atom. The molecule has 0 bridgehead atoms. The molecule has 0 spiro atoms. The normalized spacial score (nSPS) is 33.8. The second kappa shape index (κ2) is 3.11. The SMILES string of the molecule is CC(C)(C)C1CCCOC1O. The van der Waals surface area contributed by atoms with Crippen LogP contribution in [0.25, 0.3) is 0 Å². The van der Waals surface area contributed by atoms with Gasteiger partial charge in [0.05, 0.1) is 0 Å². The predicted octanol–water partition coefficient (Wildman–Crippen LogP) is 1.78. The van der Waals surface area contributed by atoms with Crippen LogP contribution >= 0.6 is 0 Å². The van der Waals surface area contributed by atoms with Crippen molar-refractivity contribution in [1.29, 1.82) is 0 Å². The van der Waals surface area contributed by atoms with Gasteiger partial charge in [-0.3, -0.25) is 0 Å². The zero-order chi connectivity index (χ0) is 8.48. The van der Waals surface area contributed by atoms with E-state index in [0.29, 0.717) is 12.5 Å². The second-order valence-corrected chi connectivity index (χ2v) is 4.38. The Morgan fingerprint density at radius 3 is 2.36 bits per heavy atom. The van der Waals surface area contributed by atoms with Crippen molar-refractivity contribution in [2.24, 2.45) is 11.3 Å². The Labute approximate surface area is 68.6 Å². The van der Waals surface area contributed by atoms with E-state index in [1.54, 1.807) is 0 Å². The third kappa shape index (κ3) is 2.17. The summed E-state index contributed by atoms with van der Waals surface area (Å²) in [5.41, 5.74) is 0.167. The Hall–Kier alpha value is -0.0800. The molecule has 0 radical (unpaired) electrons. The molecule has 2 atom stereocenters. The standard InChI is InChI=1S/C9H18O2/c1-9(2,3)7-5-4-6-11-8(7)10/h7-8,10H,4-6H2,1-3H3. The van der Waals surface area contributed by atoms with Crippen molar-refractivity contribution in [3.8, 4) is 0 Å². The lowest BCUT2D eigenvalue weighted by Crippen LogP contribution is -2.37. The minimum Gasteiger partial charge on any atom is -0.368 e. The largest absolute Gasteiger partial charge is 0.368 e. The number of hydrogen-bond acceptors (Lipinski definition) is 2. The Morgan fingerprint density at radius 1 is 1.36 bits per heavy atom. The van der Waals surface area contributed by atoms with Gasteiger partial charge in [-0.15, -0.1) is 0 Å². The van der Waals surface area contributed by atoms with Crippen LogP contribution in [-0.2, 0) is 4.74 Å². The highest BCUT2D eigenvalue weighted by Crippen LogP contribution is 2.35. The molecule has 0 aliphatic carbocycles. The minimum absolute atomic E-state index is 0.167. The fourth-order valence-electron chi connectivity index (χ4n) is 1.63. The molecule has 1 rings (SSSR count). The first-order chi connectivity index (χ1) is 5.02. The molecule has 1 aliphatic heterocycles. The summed E-state index contributed by atoms with van der Waals surface area (Å²) >= 11 is 0. The molecule has 2 unspecified atom stereocenters. The van der Waals surface area contributed by atoms with Crippen molar-refractivity contribution < 1.29 is 9.84 Å². The summed E-state index contributed by atoms with van der Waals surface area (Å²) in [7, 11) is 0. The number of rotatable bonds is 0. The molecule has 2 heteroatoms. The average Bonchev–Trinajstić information content (AvgIpc) is 1.86. The molecule has 11 heavy (non-hydrogen) atoms. The summed E-state index contributed by atoms with van der Waals surface area (Å²) in [6.07, 6.45) is 1.63. The van der Waals surface area contributed by atoms with Crippen LogP contribution in [0.1, 0.15) is 33.6 Å². The van der Waals surface area contributed by atoms with E-state index >= 15 is 0 Å². The van der Waals surface area contributed by atoms with Crippen LogP contribution in [0.2, 0.25) is 0 Å². The molecule has 0 saturated carbocycles. The van der Waals surface area contributed by atoms with E-state index in [9.17, 15) is 5.11 Å². The molecule has 1 N–H and O–H groups in total. The van der Waals surface area contributed by atoms with E-state index < -0.39 is 6.29 Å². The zero-order valence-electron chi connectivity index (χ0n) is 7.63. The van der Waals surface area contributed by atoms with Crippen molar-refractivity contribution in [2.75, 3.05) is 6.61 Å². The monoisotopic (exact) mass is 158 g/mol. The van der Waals surface area contributed by atoms with Crippen molar-refractivity contribution in [3.05, 3.63) is 0 Å². The first-order valence-electron chi connectivity index (χ1n) is 4.31. The molecule has 0 aromatic carbocycles. The summed E-state index contributed by atoms with van der Waals surface area (Å²) in [6, 6.07) is 0. The minimum atomic E-state index is -0.538. The van der Waals surface area contributed by atoms with Gasteiger partial charge in [0.2, 0.25) is 0 Å².